The number of carbonyl (C=O) groups is 1. The molecule has 0 aliphatic rings. The number of anilines is 1. The molecule has 0 heterocycles. The zero-order chi connectivity index (χ0) is 18.3. The maximum Gasteiger partial charge on any atom is 0.416 e. The fraction of sp³-hybridized carbons (Fsp3) is 0.278. The molecule has 2 rings (SSSR count). The molecule has 2 aromatic carbocycles. The smallest absolute Gasteiger partial charge is 0.416 e. The first-order valence-corrected chi connectivity index (χ1v) is 7.72. The van der Waals surface area contributed by atoms with Crippen molar-refractivity contribution in [2.75, 3.05) is 18.5 Å². The second kappa shape index (κ2) is 8.53. The topological polar surface area (TPSA) is 50.4 Å². The van der Waals surface area contributed by atoms with Crippen LogP contribution in [0.4, 0.5) is 18.9 Å². The van der Waals surface area contributed by atoms with Crippen LogP contribution in [0.15, 0.2) is 48.5 Å². The second-order valence-corrected chi connectivity index (χ2v) is 5.43. The van der Waals surface area contributed by atoms with Gasteiger partial charge in [-0.25, -0.2) is 0 Å². The monoisotopic (exact) mass is 352 g/mol. The first-order valence-electron chi connectivity index (χ1n) is 7.72. The summed E-state index contributed by atoms with van der Waals surface area (Å²) < 4.78 is 42.7. The van der Waals surface area contributed by atoms with Crippen LogP contribution in [-0.4, -0.2) is 19.1 Å². The van der Waals surface area contributed by atoms with E-state index in [0.717, 1.165) is 23.4 Å². The van der Waals surface area contributed by atoms with E-state index in [9.17, 15) is 18.0 Å². The van der Waals surface area contributed by atoms with Gasteiger partial charge in [0, 0.05) is 25.7 Å². The molecule has 0 fully saturated rings. The van der Waals surface area contributed by atoms with E-state index in [-0.39, 0.29) is 5.91 Å². The summed E-state index contributed by atoms with van der Waals surface area (Å²) in [5.74, 6) is 0.278. The highest BCUT2D eigenvalue weighted by Crippen LogP contribution is 2.30. The van der Waals surface area contributed by atoms with Gasteiger partial charge in [-0.1, -0.05) is 12.1 Å². The van der Waals surface area contributed by atoms with E-state index >= 15 is 0 Å². The summed E-state index contributed by atoms with van der Waals surface area (Å²) in [4.78, 5) is 10.9. The van der Waals surface area contributed by atoms with Crippen LogP contribution in [0.2, 0.25) is 0 Å². The fourth-order valence-corrected chi connectivity index (χ4v) is 2.12. The third-order valence-electron chi connectivity index (χ3n) is 3.33. The molecule has 0 aromatic heterocycles. The molecule has 0 atom stereocenters. The van der Waals surface area contributed by atoms with Crippen molar-refractivity contribution in [3.8, 4) is 5.75 Å². The van der Waals surface area contributed by atoms with Crippen LogP contribution < -0.4 is 15.4 Å². The number of halogens is 3. The molecule has 4 nitrogen and oxygen atoms in total. The molecule has 0 aliphatic carbocycles. The number of benzene rings is 2. The predicted octanol–water partition coefficient (Wildman–Crippen LogP) is 3.83. The Morgan fingerprint density at radius 3 is 2.24 bits per heavy atom. The average Bonchev–Trinajstić information content (AvgIpc) is 2.55. The van der Waals surface area contributed by atoms with E-state index in [2.05, 4.69) is 10.6 Å². The minimum atomic E-state index is -4.34. The van der Waals surface area contributed by atoms with Gasteiger partial charge in [0.25, 0.3) is 0 Å². The summed E-state index contributed by atoms with van der Waals surface area (Å²) in [6.07, 6.45) is -4.34. The third-order valence-corrected chi connectivity index (χ3v) is 3.33. The first-order chi connectivity index (χ1) is 11.8. The van der Waals surface area contributed by atoms with Gasteiger partial charge in [-0.2, -0.15) is 13.2 Å². The number of hydrogen-bond acceptors (Lipinski definition) is 3. The van der Waals surface area contributed by atoms with E-state index in [1.165, 1.54) is 19.1 Å². The largest absolute Gasteiger partial charge is 0.492 e. The number of ether oxygens (including phenoxy) is 1. The minimum Gasteiger partial charge on any atom is -0.492 e. The Morgan fingerprint density at radius 1 is 1.04 bits per heavy atom. The fourth-order valence-electron chi connectivity index (χ4n) is 2.12. The van der Waals surface area contributed by atoms with E-state index in [1.807, 2.05) is 24.3 Å². The van der Waals surface area contributed by atoms with E-state index in [1.54, 1.807) is 0 Å². The number of carbonyl (C=O) groups excluding carboxylic acids is 1. The van der Waals surface area contributed by atoms with Gasteiger partial charge in [0.2, 0.25) is 5.91 Å². The van der Waals surface area contributed by atoms with Crippen molar-refractivity contribution in [3.63, 3.8) is 0 Å². The Hall–Kier alpha value is -2.54. The summed E-state index contributed by atoms with van der Waals surface area (Å²) in [5.41, 5.74) is 1.09. The highest BCUT2D eigenvalue weighted by molar-refractivity contribution is 5.88. The molecule has 0 spiro atoms. The van der Waals surface area contributed by atoms with Crippen LogP contribution in [0.5, 0.6) is 5.75 Å². The third kappa shape index (κ3) is 6.46. The molecule has 2 aromatic rings. The minimum absolute atomic E-state index is 0.119. The molecule has 0 aliphatic heterocycles. The zero-order valence-corrected chi connectivity index (χ0v) is 13.7. The van der Waals surface area contributed by atoms with Gasteiger partial charge in [-0.3, -0.25) is 4.79 Å². The zero-order valence-electron chi connectivity index (χ0n) is 13.7. The van der Waals surface area contributed by atoms with Gasteiger partial charge in [0.05, 0.1) is 5.56 Å². The van der Waals surface area contributed by atoms with E-state index in [0.29, 0.717) is 25.4 Å². The maximum absolute atomic E-state index is 12.4. The van der Waals surface area contributed by atoms with Crippen LogP contribution >= 0.6 is 0 Å². The standard InChI is InChI=1S/C18H19F3N2O2/c1-13(24)23-16-6-2-14(3-7-16)12-22-10-11-25-17-8-4-15(5-9-17)18(19,20)21/h2-9,22H,10-12H2,1H3,(H,23,24). The summed E-state index contributed by atoms with van der Waals surface area (Å²) in [6, 6.07) is 12.0. The van der Waals surface area contributed by atoms with E-state index in [4.69, 9.17) is 4.74 Å². The van der Waals surface area contributed by atoms with Crippen molar-refractivity contribution in [2.45, 2.75) is 19.6 Å². The van der Waals surface area contributed by atoms with Gasteiger partial charge < -0.3 is 15.4 Å². The molecule has 0 saturated carbocycles. The van der Waals surface area contributed by atoms with Crippen molar-refractivity contribution in [1.82, 2.24) is 5.32 Å². The second-order valence-electron chi connectivity index (χ2n) is 5.43. The van der Waals surface area contributed by atoms with Crippen LogP contribution in [0.1, 0.15) is 18.1 Å². The lowest BCUT2D eigenvalue weighted by atomic mass is 10.2. The predicted molar refractivity (Wildman–Crippen MR) is 89.4 cm³/mol. The van der Waals surface area contributed by atoms with Crippen LogP contribution in [0.3, 0.4) is 0 Å². The van der Waals surface area contributed by atoms with Crippen molar-refractivity contribution in [3.05, 3.63) is 59.7 Å². The van der Waals surface area contributed by atoms with Crippen LogP contribution in [-0.2, 0) is 17.5 Å². The molecule has 25 heavy (non-hydrogen) atoms. The van der Waals surface area contributed by atoms with Crippen LogP contribution in [0, 0.1) is 0 Å². The van der Waals surface area contributed by atoms with E-state index < -0.39 is 11.7 Å². The molecule has 7 heteroatoms. The lowest BCUT2D eigenvalue weighted by Crippen LogP contribution is -2.20. The number of rotatable bonds is 7. The average molecular weight is 352 g/mol. The molecule has 0 saturated heterocycles. The Morgan fingerprint density at radius 2 is 1.68 bits per heavy atom. The van der Waals surface area contributed by atoms with Crippen LogP contribution in [0.25, 0.3) is 0 Å². The van der Waals surface area contributed by atoms with Gasteiger partial charge in [0.1, 0.15) is 12.4 Å². The number of hydrogen-bond donors (Lipinski definition) is 2. The lowest BCUT2D eigenvalue weighted by molar-refractivity contribution is -0.137. The summed E-state index contributed by atoms with van der Waals surface area (Å²) in [6.45, 7) is 2.96. The molecular weight excluding hydrogens is 333 g/mol. The highest BCUT2D eigenvalue weighted by Gasteiger charge is 2.29. The van der Waals surface area contributed by atoms with Gasteiger partial charge in [-0.05, 0) is 42.0 Å². The molecule has 0 bridgehead atoms. The lowest BCUT2D eigenvalue weighted by Gasteiger charge is -2.10. The SMILES string of the molecule is CC(=O)Nc1ccc(CNCCOc2ccc(C(F)(F)F)cc2)cc1. The van der Waals surface area contributed by atoms with Crippen molar-refractivity contribution < 1.29 is 22.7 Å². The normalized spacial score (nSPS) is 11.2. The molecule has 2 N–H and O–H groups in total. The number of alkyl halides is 3. The van der Waals surface area contributed by atoms with Crippen molar-refractivity contribution in [1.29, 1.82) is 0 Å². The van der Waals surface area contributed by atoms with Gasteiger partial charge in [0.15, 0.2) is 0 Å². The molecule has 134 valence electrons. The number of nitrogens with one attached hydrogen (secondary N) is 2. The molecule has 0 unspecified atom stereocenters. The molecule has 1 amide bonds. The Kier molecular flexibility index (Phi) is 6.41. The van der Waals surface area contributed by atoms with Crippen molar-refractivity contribution >= 4 is 11.6 Å². The summed E-state index contributed by atoms with van der Waals surface area (Å²) >= 11 is 0. The molecule has 0 radical (unpaired) electrons. The maximum atomic E-state index is 12.4. The first kappa shape index (κ1) is 18.8. The summed E-state index contributed by atoms with van der Waals surface area (Å²) in [5, 5.41) is 5.87. The Labute approximate surface area is 144 Å². The number of amides is 1. The van der Waals surface area contributed by atoms with Gasteiger partial charge >= 0.3 is 6.18 Å². The highest BCUT2D eigenvalue weighted by atomic mass is 19.4. The Balaban J connectivity index is 1.68. The molecular formula is C18H19F3N2O2. The summed E-state index contributed by atoms with van der Waals surface area (Å²) in [7, 11) is 0. The van der Waals surface area contributed by atoms with Crippen molar-refractivity contribution in [2.24, 2.45) is 0 Å². The Bertz CT molecular complexity index is 683. The van der Waals surface area contributed by atoms with Gasteiger partial charge in [-0.15, -0.1) is 0 Å². The quantitative estimate of drug-likeness (QED) is 0.745.